The van der Waals surface area contributed by atoms with Crippen LogP contribution in [0.4, 0.5) is 0 Å². The highest BCUT2D eigenvalue weighted by Gasteiger charge is 2.33. The van der Waals surface area contributed by atoms with Crippen molar-refractivity contribution in [2.24, 2.45) is 7.05 Å². The maximum Gasteiger partial charge on any atom is 0.394 e. The van der Waals surface area contributed by atoms with Gasteiger partial charge in [0.2, 0.25) is 5.91 Å². The summed E-state index contributed by atoms with van der Waals surface area (Å²) in [5.41, 5.74) is 9.14. The summed E-state index contributed by atoms with van der Waals surface area (Å²) in [6, 6.07) is 7.37. The van der Waals surface area contributed by atoms with E-state index in [0.29, 0.717) is 55.9 Å². The van der Waals surface area contributed by atoms with Gasteiger partial charge in [-0.05, 0) is 99.4 Å². The second kappa shape index (κ2) is 13.3. The van der Waals surface area contributed by atoms with Crippen molar-refractivity contribution in [3.8, 4) is 16.9 Å². The topological polar surface area (TPSA) is 114 Å². The van der Waals surface area contributed by atoms with E-state index in [-0.39, 0.29) is 18.5 Å². The maximum atomic E-state index is 14.0. The minimum absolute atomic E-state index is 0.158. The number of carbonyl (C=O) groups excluding carboxylic acids is 2. The third kappa shape index (κ3) is 6.60. The molecule has 2 aliphatic rings. The lowest BCUT2D eigenvalue weighted by molar-refractivity contribution is -0.156. The number of aryl methyl sites for hydroxylation is 4. The van der Waals surface area contributed by atoms with E-state index in [0.717, 1.165) is 61.1 Å². The number of hydrogen-bond acceptors (Lipinski definition) is 5. The van der Waals surface area contributed by atoms with Gasteiger partial charge in [-0.3, -0.25) is 14.3 Å². The number of hydrogen-bond donors (Lipinski definition) is 2. The van der Waals surface area contributed by atoms with Gasteiger partial charge in [0.1, 0.15) is 5.75 Å². The molecule has 2 aromatic carbocycles. The van der Waals surface area contributed by atoms with Crippen LogP contribution in [0.2, 0.25) is 10.0 Å². The molecule has 1 aliphatic heterocycles. The molecule has 0 spiro atoms. The molecule has 9 nitrogen and oxygen atoms in total. The van der Waals surface area contributed by atoms with Gasteiger partial charge in [-0.25, -0.2) is 4.79 Å². The molecular weight excluding hydrogens is 615 g/mol. The zero-order valence-electron chi connectivity index (χ0n) is 26.2. The molecule has 0 unspecified atom stereocenters. The molecule has 11 heteroatoms. The van der Waals surface area contributed by atoms with E-state index in [1.165, 1.54) is 4.90 Å². The smallest absolute Gasteiger partial charge is 0.394 e. The second-order valence-electron chi connectivity index (χ2n) is 11.9. The molecule has 0 saturated carbocycles. The monoisotopic (exact) mass is 652 g/mol. The van der Waals surface area contributed by atoms with Crippen LogP contribution in [0.1, 0.15) is 59.3 Å². The Morgan fingerprint density at radius 3 is 2.44 bits per heavy atom. The number of likely N-dealkylation sites (tertiary alicyclic amines) is 1. The lowest BCUT2D eigenvalue weighted by Gasteiger charge is -2.32. The molecule has 0 bridgehead atoms. The van der Waals surface area contributed by atoms with Crippen LogP contribution in [0.15, 0.2) is 29.8 Å². The van der Waals surface area contributed by atoms with E-state index in [1.807, 2.05) is 63.7 Å². The number of halogens is 2. The highest BCUT2D eigenvalue weighted by Crippen LogP contribution is 2.45. The van der Waals surface area contributed by atoms with Crippen LogP contribution in [-0.2, 0) is 27.9 Å². The summed E-state index contributed by atoms with van der Waals surface area (Å²) in [6.07, 6.45) is 2.92. The summed E-state index contributed by atoms with van der Waals surface area (Å²) in [5.74, 6) is -1.91. The molecular formula is C34H38Cl2N4O5. The molecule has 45 heavy (non-hydrogen) atoms. The number of piperidine rings is 1. The summed E-state index contributed by atoms with van der Waals surface area (Å²) in [7, 11) is 1.90. The first-order valence-electron chi connectivity index (χ1n) is 15.1. The van der Waals surface area contributed by atoms with Gasteiger partial charge in [0.15, 0.2) is 0 Å². The van der Waals surface area contributed by atoms with Crippen LogP contribution in [0.3, 0.4) is 0 Å². The zero-order chi connectivity index (χ0) is 32.6. The number of nitrogens with zero attached hydrogens (tertiary/aromatic N) is 3. The molecule has 3 aromatic rings. The number of aromatic nitrogens is 2. The van der Waals surface area contributed by atoms with Gasteiger partial charge in [0.05, 0.1) is 12.3 Å². The number of allylic oxidation sites excluding steroid dienone is 1. The van der Waals surface area contributed by atoms with E-state index in [9.17, 15) is 19.5 Å². The first-order valence-corrected chi connectivity index (χ1v) is 15.9. The van der Waals surface area contributed by atoms with Crippen molar-refractivity contribution in [3.05, 3.63) is 73.5 Å². The Morgan fingerprint density at radius 2 is 1.80 bits per heavy atom. The van der Waals surface area contributed by atoms with Crippen LogP contribution in [-0.4, -0.2) is 63.3 Å². The fourth-order valence-electron chi connectivity index (χ4n) is 6.56. The van der Waals surface area contributed by atoms with Crippen molar-refractivity contribution < 1.29 is 24.2 Å². The minimum Gasteiger partial charge on any atom is -0.494 e. The molecule has 238 valence electrons. The van der Waals surface area contributed by atoms with Gasteiger partial charge in [0.25, 0.3) is 0 Å². The molecule has 2 heterocycles. The summed E-state index contributed by atoms with van der Waals surface area (Å²) in [5, 5.41) is 18.2. The average molecular weight is 654 g/mol. The Labute approximate surface area is 273 Å². The van der Waals surface area contributed by atoms with E-state index in [1.54, 1.807) is 0 Å². The standard InChI is InChI=1S/C34H38Cl2N4O5/c1-18-14-23(15-19(2)31(18)36)45-13-7-9-24-25-10-11-28(35)30(29-20(3)38-39(5)21(29)4)26(25)16-27(24)32(41)37-22-8-6-12-40(17-22)33(42)34(43)44/h10-11,14-15,22H,6-9,12-13,16-17H2,1-5H3,(H,37,41)(H,43,44)/t22-/m1/s1. The molecule has 1 fully saturated rings. The van der Waals surface area contributed by atoms with Crippen LogP contribution >= 0.6 is 23.2 Å². The van der Waals surface area contributed by atoms with Gasteiger partial charge in [-0.15, -0.1) is 0 Å². The molecule has 1 atom stereocenters. The minimum atomic E-state index is -1.49. The molecule has 2 amide bonds. The summed E-state index contributed by atoms with van der Waals surface area (Å²) >= 11 is 13.2. The molecule has 1 aliphatic carbocycles. The van der Waals surface area contributed by atoms with Crippen molar-refractivity contribution >= 4 is 46.6 Å². The van der Waals surface area contributed by atoms with Gasteiger partial charge < -0.3 is 20.1 Å². The van der Waals surface area contributed by atoms with Crippen molar-refractivity contribution in [2.75, 3.05) is 19.7 Å². The number of benzene rings is 2. The number of aliphatic carboxylic acids is 1. The largest absolute Gasteiger partial charge is 0.494 e. The summed E-state index contributed by atoms with van der Waals surface area (Å²) in [4.78, 5) is 38.6. The predicted octanol–water partition coefficient (Wildman–Crippen LogP) is 5.99. The van der Waals surface area contributed by atoms with Gasteiger partial charge in [-0.2, -0.15) is 5.10 Å². The van der Waals surface area contributed by atoms with Crippen molar-refractivity contribution in [3.63, 3.8) is 0 Å². The number of rotatable bonds is 8. The number of fused-ring (bicyclic) bond motifs is 1. The highest BCUT2D eigenvalue weighted by molar-refractivity contribution is 6.34. The Hall–Kier alpha value is -3.82. The molecule has 1 saturated heterocycles. The number of nitrogens with one attached hydrogen (secondary N) is 1. The Kier molecular flexibility index (Phi) is 9.60. The van der Waals surface area contributed by atoms with E-state index in [4.69, 9.17) is 27.9 Å². The first-order chi connectivity index (χ1) is 21.4. The van der Waals surface area contributed by atoms with Crippen LogP contribution in [0.5, 0.6) is 5.75 Å². The van der Waals surface area contributed by atoms with Gasteiger partial charge >= 0.3 is 11.9 Å². The lowest BCUT2D eigenvalue weighted by Crippen LogP contribution is -2.51. The van der Waals surface area contributed by atoms with E-state index >= 15 is 0 Å². The molecule has 1 aromatic heterocycles. The lowest BCUT2D eigenvalue weighted by atomic mass is 9.93. The van der Waals surface area contributed by atoms with E-state index < -0.39 is 11.9 Å². The normalized spacial score (nSPS) is 16.2. The van der Waals surface area contributed by atoms with Crippen LogP contribution in [0, 0.1) is 27.7 Å². The highest BCUT2D eigenvalue weighted by atomic mass is 35.5. The van der Waals surface area contributed by atoms with E-state index in [2.05, 4.69) is 10.4 Å². The van der Waals surface area contributed by atoms with Crippen molar-refractivity contribution in [2.45, 2.75) is 65.8 Å². The predicted molar refractivity (Wildman–Crippen MR) is 175 cm³/mol. The molecule has 5 rings (SSSR count). The second-order valence-corrected chi connectivity index (χ2v) is 12.7. The SMILES string of the molecule is Cc1cc(OCCCC2=C(C(=O)N[C@@H]3CCCN(C(=O)C(=O)O)C3)Cc3c2ccc(Cl)c3-c2c(C)nn(C)c2C)cc(C)c1Cl. The Balaban J connectivity index is 1.43. The number of amides is 2. The van der Waals surface area contributed by atoms with Gasteiger partial charge in [0, 0.05) is 65.0 Å². The Bertz CT molecular complexity index is 1700. The zero-order valence-corrected chi connectivity index (χ0v) is 27.7. The summed E-state index contributed by atoms with van der Waals surface area (Å²) in [6.45, 7) is 8.83. The van der Waals surface area contributed by atoms with Crippen molar-refractivity contribution in [1.29, 1.82) is 0 Å². The Morgan fingerprint density at radius 1 is 1.09 bits per heavy atom. The number of carboxylic acid groups (broad SMARTS) is 1. The number of carbonyl (C=O) groups is 3. The number of carboxylic acids is 1. The number of ether oxygens (including phenoxy) is 1. The van der Waals surface area contributed by atoms with Crippen molar-refractivity contribution in [1.82, 2.24) is 20.0 Å². The maximum absolute atomic E-state index is 14.0. The average Bonchev–Trinajstić information content (AvgIpc) is 3.49. The van der Waals surface area contributed by atoms with Crippen LogP contribution < -0.4 is 10.1 Å². The van der Waals surface area contributed by atoms with Crippen LogP contribution in [0.25, 0.3) is 16.7 Å². The fraction of sp³-hybridized carbons (Fsp3) is 0.412. The first kappa shape index (κ1) is 32.6. The third-order valence-corrected chi connectivity index (χ3v) is 9.73. The third-order valence-electron chi connectivity index (χ3n) is 8.81. The fourth-order valence-corrected chi connectivity index (χ4v) is 6.94. The van der Waals surface area contributed by atoms with Gasteiger partial charge in [-0.1, -0.05) is 29.3 Å². The quantitative estimate of drug-likeness (QED) is 0.228. The summed E-state index contributed by atoms with van der Waals surface area (Å²) < 4.78 is 7.92. The molecule has 2 N–H and O–H groups in total. The molecule has 0 radical (unpaired) electrons.